The van der Waals surface area contributed by atoms with Crippen molar-refractivity contribution in [1.29, 1.82) is 0 Å². The number of nitrogens with zero attached hydrogens (tertiary/aromatic N) is 1. The molecule has 2 unspecified atom stereocenters. The highest BCUT2D eigenvalue weighted by Gasteiger charge is 2.37. The third-order valence-electron chi connectivity index (χ3n) is 5.17. The van der Waals surface area contributed by atoms with E-state index in [9.17, 15) is 9.59 Å². The van der Waals surface area contributed by atoms with Crippen LogP contribution in [0.3, 0.4) is 0 Å². The molecule has 0 saturated heterocycles. The fourth-order valence-corrected chi connectivity index (χ4v) is 3.39. The van der Waals surface area contributed by atoms with Gasteiger partial charge >= 0.3 is 6.03 Å². The van der Waals surface area contributed by atoms with Crippen molar-refractivity contribution in [2.45, 2.75) is 51.6 Å². The quantitative estimate of drug-likeness (QED) is 0.786. The molecule has 6 heteroatoms. The Balaban J connectivity index is 1.42. The Morgan fingerprint density at radius 1 is 1.15 bits per heavy atom. The predicted octanol–water partition coefficient (Wildman–Crippen LogP) is 4.56. The molecular formula is C21H25N3O3. The zero-order valence-corrected chi connectivity index (χ0v) is 15.7. The van der Waals surface area contributed by atoms with Gasteiger partial charge in [-0.05, 0) is 55.5 Å². The van der Waals surface area contributed by atoms with Crippen LogP contribution in [0.5, 0.6) is 0 Å². The Hall–Kier alpha value is -2.76. The average Bonchev–Trinajstić information content (AvgIpc) is 3.53. The minimum Gasteiger partial charge on any atom is -0.464 e. The van der Waals surface area contributed by atoms with Crippen LogP contribution < -0.4 is 10.6 Å². The lowest BCUT2D eigenvalue weighted by Crippen LogP contribution is -2.36. The molecule has 2 atom stereocenters. The summed E-state index contributed by atoms with van der Waals surface area (Å²) in [5.74, 6) is 2.97. The first-order valence-electron chi connectivity index (χ1n) is 9.53. The molecule has 0 aliphatic heterocycles. The molecular weight excluding hydrogens is 342 g/mol. The van der Waals surface area contributed by atoms with Crippen molar-refractivity contribution in [2.24, 2.45) is 5.92 Å². The molecule has 4 rings (SSSR count). The lowest BCUT2D eigenvalue weighted by Gasteiger charge is -2.22. The highest BCUT2D eigenvalue weighted by molar-refractivity contribution is 5.92. The maximum Gasteiger partial charge on any atom is 0.322 e. The molecule has 2 fully saturated rings. The third-order valence-corrected chi connectivity index (χ3v) is 5.17. The molecule has 2 aliphatic rings. The summed E-state index contributed by atoms with van der Waals surface area (Å²) in [5.41, 5.74) is 1.32. The number of nitrogens with one attached hydrogen (secondary N) is 2. The van der Waals surface area contributed by atoms with Gasteiger partial charge in [-0.1, -0.05) is 13.0 Å². The number of furan rings is 1. The smallest absolute Gasteiger partial charge is 0.322 e. The molecule has 2 saturated carbocycles. The number of urea groups is 1. The van der Waals surface area contributed by atoms with Crippen molar-refractivity contribution in [2.75, 3.05) is 10.6 Å². The van der Waals surface area contributed by atoms with Gasteiger partial charge in [0.2, 0.25) is 5.91 Å². The topological polar surface area (TPSA) is 74.6 Å². The molecule has 1 heterocycles. The summed E-state index contributed by atoms with van der Waals surface area (Å²) in [6.07, 6.45) is 3.23. The van der Waals surface area contributed by atoms with E-state index < -0.39 is 0 Å². The van der Waals surface area contributed by atoms with E-state index in [1.807, 2.05) is 23.1 Å². The monoisotopic (exact) mass is 367 g/mol. The van der Waals surface area contributed by atoms with Crippen LogP contribution in [-0.2, 0) is 11.3 Å². The number of carbonyl (C=O) groups is 2. The average molecular weight is 367 g/mol. The standard InChI is InChI=1S/C21H25N3O3/c1-13-10-19(13)20-9-8-18(27-20)12-24(17-6-7-17)21(26)23-16-5-3-4-15(11-16)22-14(2)25/h3-5,8-9,11,13,17,19H,6-7,10,12H2,1-2H3,(H,22,25)(H,23,26). The summed E-state index contributed by atoms with van der Waals surface area (Å²) in [4.78, 5) is 25.9. The van der Waals surface area contributed by atoms with Crippen LogP contribution in [-0.4, -0.2) is 22.9 Å². The molecule has 2 aliphatic carbocycles. The normalized spacial score (nSPS) is 20.8. The van der Waals surface area contributed by atoms with Gasteiger partial charge in [0, 0.05) is 30.3 Å². The van der Waals surface area contributed by atoms with Crippen LogP contribution in [0.15, 0.2) is 40.8 Å². The summed E-state index contributed by atoms with van der Waals surface area (Å²) in [6, 6.07) is 11.3. The van der Waals surface area contributed by atoms with Crippen LogP contribution in [0.2, 0.25) is 0 Å². The second-order valence-corrected chi connectivity index (χ2v) is 7.67. The van der Waals surface area contributed by atoms with Crippen LogP contribution >= 0.6 is 0 Å². The number of hydrogen-bond acceptors (Lipinski definition) is 3. The first-order valence-corrected chi connectivity index (χ1v) is 9.53. The minimum absolute atomic E-state index is 0.142. The van der Waals surface area contributed by atoms with E-state index in [-0.39, 0.29) is 18.0 Å². The van der Waals surface area contributed by atoms with E-state index in [1.54, 1.807) is 18.2 Å². The largest absolute Gasteiger partial charge is 0.464 e. The Morgan fingerprint density at radius 2 is 1.85 bits per heavy atom. The number of amides is 3. The number of hydrogen-bond donors (Lipinski definition) is 2. The van der Waals surface area contributed by atoms with Crippen LogP contribution in [0.25, 0.3) is 0 Å². The van der Waals surface area contributed by atoms with E-state index in [4.69, 9.17) is 4.42 Å². The van der Waals surface area contributed by atoms with Crippen molar-refractivity contribution < 1.29 is 14.0 Å². The highest BCUT2D eigenvalue weighted by atomic mass is 16.3. The molecule has 27 heavy (non-hydrogen) atoms. The second kappa shape index (κ2) is 7.10. The SMILES string of the molecule is CC(=O)Nc1cccc(NC(=O)N(Cc2ccc(C3CC3C)o2)C2CC2)c1. The van der Waals surface area contributed by atoms with Gasteiger partial charge in [0.1, 0.15) is 11.5 Å². The Bertz CT molecular complexity index is 856. The van der Waals surface area contributed by atoms with E-state index in [2.05, 4.69) is 17.6 Å². The number of rotatable bonds is 6. The van der Waals surface area contributed by atoms with Gasteiger partial charge in [0.25, 0.3) is 0 Å². The maximum absolute atomic E-state index is 12.8. The summed E-state index contributed by atoms with van der Waals surface area (Å²) in [7, 11) is 0. The van der Waals surface area contributed by atoms with E-state index in [1.165, 1.54) is 13.3 Å². The van der Waals surface area contributed by atoms with Crippen molar-refractivity contribution in [3.05, 3.63) is 47.9 Å². The van der Waals surface area contributed by atoms with Gasteiger partial charge in [-0.25, -0.2) is 4.79 Å². The van der Waals surface area contributed by atoms with Crippen molar-refractivity contribution in [3.63, 3.8) is 0 Å². The summed E-state index contributed by atoms with van der Waals surface area (Å²) in [6.45, 7) is 4.16. The first-order chi connectivity index (χ1) is 13.0. The Labute approximate surface area is 158 Å². The Morgan fingerprint density at radius 3 is 2.48 bits per heavy atom. The molecule has 0 bridgehead atoms. The molecule has 3 amide bonds. The van der Waals surface area contributed by atoms with Crippen molar-refractivity contribution in [3.8, 4) is 0 Å². The van der Waals surface area contributed by atoms with Gasteiger partial charge in [-0.15, -0.1) is 0 Å². The van der Waals surface area contributed by atoms with Crippen molar-refractivity contribution >= 4 is 23.3 Å². The zero-order chi connectivity index (χ0) is 19.0. The van der Waals surface area contributed by atoms with Gasteiger partial charge in [0.05, 0.1) is 6.54 Å². The van der Waals surface area contributed by atoms with E-state index >= 15 is 0 Å². The van der Waals surface area contributed by atoms with Gasteiger partial charge in [-0.3, -0.25) is 4.79 Å². The molecule has 1 aromatic carbocycles. The second-order valence-electron chi connectivity index (χ2n) is 7.67. The minimum atomic E-state index is -0.143. The predicted molar refractivity (Wildman–Crippen MR) is 104 cm³/mol. The molecule has 1 aromatic heterocycles. The van der Waals surface area contributed by atoms with Crippen LogP contribution in [0.4, 0.5) is 16.2 Å². The lowest BCUT2D eigenvalue weighted by molar-refractivity contribution is -0.114. The summed E-state index contributed by atoms with van der Waals surface area (Å²) < 4.78 is 5.98. The lowest BCUT2D eigenvalue weighted by atomic mass is 10.2. The van der Waals surface area contributed by atoms with Crippen LogP contribution in [0, 0.1) is 5.92 Å². The van der Waals surface area contributed by atoms with Gasteiger partial charge in [-0.2, -0.15) is 0 Å². The number of benzene rings is 1. The fraction of sp³-hybridized carbons (Fsp3) is 0.429. The molecule has 2 N–H and O–H groups in total. The zero-order valence-electron chi connectivity index (χ0n) is 15.7. The fourth-order valence-electron chi connectivity index (χ4n) is 3.39. The molecule has 142 valence electrons. The van der Waals surface area contributed by atoms with Crippen molar-refractivity contribution in [1.82, 2.24) is 4.90 Å². The molecule has 0 spiro atoms. The molecule has 2 aromatic rings. The Kier molecular flexibility index (Phi) is 4.64. The van der Waals surface area contributed by atoms with Gasteiger partial charge in [0.15, 0.2) is 0 Å². The third kappa shape index (κ3) is 4.32. The van der Waals surface area contributed by atoms with E-state index in [0.29, 0.717) is 29.8 Å². The van der Waals surface area contributed by atoms with Gasteiger partial charge < -0.3 is 20.0 Å². The summed E-state index contributed by atoms with van der Waals surface area (Å²) >= 11 is 0. The number of anilines is 2. The van der Waals surface area contributed by atoms with Crippen LogP contribution in [0.1, 0.15) is 50.5 Å². The number of carbonyl (C=O) groups excluding carboxylic acids is 2. The molecule has 6 nitrogen and oxygen atoms in total. The van der Waals surface area contributed by atoms with E-state index in [0.717, 1.165) is 24.4 Å². The first kappa shape index (κ1) is 17.6. The highest BCUT2D eigenvalue weighted by Crippen LogP contribution is 2.47. The summed E-state index contributed by atoms with van der Waals surface area (Å²) in [5, 5.41) is 5.67. The maximum atomic E-state index is 12.8. The molecule has 0 radical (unpaired) electrons.